The zero-order valence-electron chi connectivity index (χ0n) is 15.7. The molecule has 0 spiro atoms. The Hall–Kier alpha value is -1.95. The van der Waals surface area contributed by atoms with Gasteiger partial charge in [0.15, 0.2) is 0 Å². The van der Waals surface area contributed by atoms with Gasteiger partial charge in [-0.1, -0.05) is 25.1 Å². The SMILES string of the molecule is CCc1nccc(CN2CCC[C@H](CCc3ccccc3C(F)(F)F)C2)n1. The number of rotatable bonds is 6. The number of halogens is 3. The Morgan fingerprint density at radius 1 is 1.19 bits per heavy atom. The second kappa shape index (κ2) is 8.83. The summed E-state index contributed by atoms with van der Waals surface area (Å²) in [7, 11) is 0. The second-order valence-electron chi connectivity index (χ2n) is 7.25. The number of piperidine rings is 1. The summed E-state index contributed by atoms with van der Waals surface area (Å²) in [6.07, 6.45) is 1.76. The summed E-state index contributed by atoms with van der Waals surface area (Å²) in [5.41, 5.74) is 0.932. The van der Waals surface area contributed by atoms with Gasteiger partial charge in [0.25, 0.3) is 0 Å². The molecule has 2 aromatic rings. The van der Waals surface area contributed by atoms with Gasteiger partial charge in [0.2, 0.25) is 0 Å². The van der Waals surface area contributed by atoms with E-state index in [0.29, 0.717) is 17.9 Å². The van der Waals surface area contributed by atoms with Gasteiger partial charge in [-0.15, -0.1) is 0 Å². The van der Waals surface area contributed by atoms with Gasteiger partial charge < -0.3 is 0 Å². The van der Waals surface area contributed by atoms with Gasteiger partial charge >= 0.3 is 6.18 Å². The van der Waals surface area contributed by atoms with Crippen molar-refractivity contribution in [3.05, 3.63) is 59.2 Å². The van der Waals surface area contributed by atoms with E-state index in [9.17, 15) is 13.2 Å². The van der Waals surface area contributed by atoms with Crippen LogP contribution in [0.3, 0.4) is 0 Å². The van der Waals surface area contributed by atoms with Crippen molar-refractivity contribution in [1.82, 2.24) is 14.9 Å². The van der Waals surface area contributed by atoms with E-state index < -0.39 is 11.7 Å². The zero-order chi connectivity index (χ0) is 19.3. The maximum absolute atomic E-state index is 13.2. The lowest BCUT2D eigenvalue weighted by molar-refractivity contribution is -0.138. The highest BCUT2D eigenvalue weighted by atomic mass is 19.4. The summed E-state index contributed by atoms with van der Waals surface area (Å²) in [6, 6.07) is 7.89. The van der Waals surface area contributed by atoms with Crippen molar-refractivity contribution in [2.24, 2.45) is 5.92 Å². The Morgan fingerprint density at radius 3 is 2.78 bits per heavy atom. The average Bonchev–Trinajstić information content (AvgIpc) is 2.66. The molecule has 0 saturated carbocycles. The van der Waals surface area contributed by atoms with Crippen molar-refractivity contribution < 1.29 is 13.2 Å². The lowest BCUT2D eigenvalue weighted by Gasteiger charge is -2.32. The van der Waals surface area contributed by atoms with E-state index >= 15 is 0 Å². The molecule has 0 radical (unpaired) electrons. The monoisotopic (exact) mass is 377 g/mol. The summed E-state index contributed by atoms with van der Waals surface area (Å²) >= 11 is 0. The van der Waals surface area contributed by atoms with Crippen LogP contribution in [0.1, 0.15) is 48.8 Å². The highest BCUT2D eigenvalue weighted by Gasteiger charge is 2.33. The molecule has 0 unspecified atom stereocenters. The van der Waals surface area contributed by atoms with Crippen molar-refractivity contribution >= 4 is 0 Å². The van der Waals surface area contributed by atoms with Crippen LogP contribution in [0.4, 0.5) is 13.2 Å². The number of hydrogen-bond acceptors (Lipinski definition) is 3. The second-order valence-corrected chi connectivity index (χ2v) is 7.25. The van der Waals surface area contributed by atoms with Crippen LogP contribution in [0.15, 0.2) is 36.5 Å². The largest absolute Gasteiger partial charge is 0.416 e. The molecular formula is C21H26F3N3. The standard InChI is InChI=1S/C21H26F3N3/c1-2-20-25-12-11-18(26-20)15-27-13-5-6-16(14-27)9-10-17-7-3-4-8-19(17)21(22,23)24/h3-4,7-8,11-12,16H,2,5-6,9-10,13-15H2,1H3/t16-/m1/s1. The molecule has 2 heterocycles. The topological polar surface area (TPSA) is 29.0 Å². The number of nitrogens with zero attached hydrogens (tertiary/aromatic N) is 3. The normalized spacial score (nSPS) is 18.6. The maximum atomic E-state index is 13.2. The molecule has 0 aliphatic carbocycles. The minimum absolute atomic E-state index is 0.408. The van der Waals surface area contributed by atoms with E-state index in [4.69, 9.17) is 0 Å². The van der Waals surface area contributed by atoms with E-state index in [0.717, 1.165) is 56.8 Å². The van der Waals surface area contributed by atoms with Gasteiger partial charge in [-0.2, -0.15) is 13.2 Å². The van der Waals surface area contributed by atoms with E-state index in [-0.39, 0.29) is 0 Å². The Kier molecular flexibility index (Phi) is 6.47. The van der Waals surface area contributed by atoms with E-state index in [1.807, 2.05) is 13.0 Å². The van der Waals surface area contributed by atoms with Crippen LogP contribution in [0.25, 0.3) is 0 Å². The minimum Gasteiger partial charge on any atom is -0.297 e. The summed E-state index contributed by atoms with van der Waals surface area (Å²) in [6.45, 7) is 4.75. The number of aromatic nitrogens is 2. The minimum atomic E-state index is -4.28. The van der Waals surface area contributed by atoms with Gasteiger partial charge in [0.05, 0.1) is 11.3 Å². The quantitative estimate of drug-likeness (QED) is 0.717. The maximum Gasteiger partial charge on any atom is 0.416 e. The molecule has 0 bridgehead atoms. The first kappa shape index (κ1) is 19.8. The molecule has 1 atom stereocenters. The first-order valence-corrected chi connectivity index (χ1v) is 9.64. The summed E-state index contributed by atoms with van der Waals surface area (Å²) < 4.78 is 39.5. The molecule has 1 saturated heterocycles. The Morgan fingerprint density at radius 2 is 2.00 bits per heavy atom. The molecule has 1 aliphatic rings. The number of likely N-dealkylation sites (tertiary alicyclic amines) is 1. The third-order valence-corrected chi connectivity index (χ3v) is 5.21. The third kappa shape index (κ3) is 5.51. The summed E-state index contributed by atoms with van der Waals surface area (Å²) in [5, 5.41) is 0. The van der Waals surface area contributed by atoms with Gasteiger partial charge in [-0.3, -0.25) is 4.90 Å². The number of benzene rings is 1. The van der Waals surface area contributed by atoms with Gasteiger partial charge in [0.1, 0.15) is 5.82 Å². The molecule has 27 heavy (non-hydrogen) atoms. The van der Waals surface area contributed by atoms with Crippen LogP contribution in [0, 0.1) is 5.92 Å². The van der Waals surface area contributed by atoms with Crippen molar-refractivity contribution in [2.45, 2.75) is 51.7 Å². The molecule has 1 aromatic carbocycles. The summed E-state index contributed by atoms with van der Waals surface area (Å²) in [4.78, 5) is 11.2. The van der Waals surface area contributed by atoms with E-state index in [1.165, 1.54) is 12.1 Å². The number of aryl methyl sites for hydroxylation is 2. The van der Waals surface area contributed by atoms with Crippen LogP contribution in [0.2, 0.25) is 0 Å². The first-order valence-electron chi connectivity index (χ1n) is 9.64. The van der Waals surface area contributed by atoms with Gasteiger partial charge in [-0.05, 0) is 55.8 Å². The van der Waals surface area contributed by atoms with Gasteiger partial charge in [-0.25, -0.2) is 9.97 Å². The summed E-state index contributed by atoms with van der Waals surface area (Å²) in [5.74, 6) is 1.28. The van der Waals surface area contributed by atoms with Crippen molar-refractivity contribution in [3.8, 4) is 0 Å². The predicted octanol–water partition coefficient (Wildman–Crippen LogP) is 4.90. The number of hydrogen-bond donors (Lipinski definition) is 0. The van der Waals surface area contributed by atoms with Crippen molar-refractivity contribution in [1.29, 1.82) is 0 Å². The van der Waals surface area contributed by atoms with E-state index in [1.54, 1.807) is 18.3 Å². The molecular weight excluding hydrogens is 351 g/mol. The Bertz CT molecular complexity index is 745. The predicted molar refractivity (Wildman–Crippen MR) is 99.2 cm³/mol. The molecule has 3 rings (SSSR count). The third-order valence-electron chi connectivity index (χ3n) is 5.21. The fraction of sp³-hybridized carbons (Fsp3) is 0.524. The van der Waals surface area contributed by atoms with Crippen LogP contribution in [0.5, 0.6) is 0 Å². The molecule has 3 nitrogen and oxygen atoms in total. The van der Waals surface area contributed by atoms with Crippen LogP contribution in [-0.4, -0.2) is 28.0 Å². The molecule has 0 N–H and O–H groups in total. The Balaban J connectivity index is 1.57. The molecule has 146 valence electrons. The highest BCUT2D eigenvalue weighted by Crippen LogP contribution is 2.33. The highest BCUT2D eigenvalue weighted by molar-refractivity contribution is 5.29. The molecule has 6 heteroatoms. The van der Waals surface area contributed by atoms with Crippen LogP contribution >= 0.6 is 0 Å². The Labute approximate surface area is 158 Å². The lowest BCUT2D eigenvalue weighted by atomic mass is 9.90. The zero-order valence-corrected chi connectivity index (χ0v) is 15.7. The van der Waals surface area contributed by atoms with E-state index in [2.05, 4.69) is 14.9 Å². The number of alkyl halides is 3. The van der Waals surface area contributed by atoms with Crippen LogP contribution in [-0.2, 0) is 25.6 Å². The lowest BCUT2D eigenvalue weighted by Crippen LogP contribution is -2.35. The smallest absolute Gasteiger partial charge is 0.297 e. The fourth-order valence-corrected chi connectivity index (χ4v) is 3.83. The average molecular weight is 377 g/mol. The molecule has 0 amide bonds. The van der Waals surface area contributed by atoms with Gasteiger partial charge in [0, 0.05) is 25.7 Å². The van der Waals surface area contributed by atoms with Crippen molar-refractivity contribution in [2.75, 3.05) is 13.1 Å². The first-order chi connectivity index (χ1) is 13.0. The molecule has 1 aliphatic heterocycles. The molecule has 1 fully saturated rings. The van der Waals surface area contributed by atoms with Crippen molar-refractivity contribution in [3.63, 3.8) is 0 Å². The van der Waals surface area contributed by atoms with Crippen LogP contribution < -0.4 is 0 Å². The fourth-order valence-electron chi connectivity index (χ4n) is 3.83. The molecule has 1 aromatic heterocycles.